The van der Waals surface area contributed by atoms with E-state index >= 15 is 0 Å². The summed E-state index contributed by atoms with van der Waals surface area (Å²) < 4.78 is 0. The lowest BCUT2D eigenvalue weighted by molar-refractivity contribution is 0.377. The molecule has 1 N–H and O–H groups in total. The lowest BCUT2D eigenvalue weighted by Crippen LogP contribution is -2.21. The van der Waals surface area contributed by atoms with Crippen molar-refractivity contribution in [3.63, 3.8) is 0 Å². The first-order valence-corrected chi connectivity index (χ1v) is 4.78. The molecule has 72 valence electrons. The van der Waals surface area contributed by atoms with E-state index in [4.69, 9.17) is 0 Å². The lowest BCUT2D eigenvalue weighted by atomic mass is 9.90. The van der Waals surface area contributed by atoms with E-state index < -0.39 is 0 Å². The number of hydrogen-bond acceptors (Lipinski definition) is 2. The monoisotopic (exact) mass is 178 g/mol. The molecule has 1 aromatic rings. The fourth-order valence-electron chi connectivity index (χ4n) is 0.936. The molecular weight excluding hydrogens is 160 g/mol. The van der Waals surface area contributed by atoms with E-state index in [1.54, 1.807) is 12.4 Å². The predicted molar refractivity (Wildman–Crippen MR) is 56.8 cm³/mol. The smallest absolute Gasteiger partial charge is 0.0371 e. The standard InChI is InChI=1S/C11H18N2/c1-4-11(2,3)9-13-10-5-7-12-8-6-10/h5-8H,4,9H2,1-3H3,(H,12,13). The normalized spacial score (nSPS) is 11.3. The van der Waals surface area contributed by atoms with Crippen LogP contribution in [0.4, 0.5) is 5.69 Å². The van der Waals surface area contributed by atoms with E-state index in [2.05, 4.69) is 31.1 Å². The first-order valence-electron chi connectivity index (χ1n) is 4.78. The lowest BCUT2D eigenvalue weighted by Gasteiger charge is -2.23. The summed E-state index contributed by atoms with van der Waals surface area (Å²) in [6.07, 6.45) is 4.80. The Labute approximate surface area is 80.4 Å². The SMILES string of the molecule is CCC(C)(C)CNc1ccncc1. The molecule has 0 saturated heterocycles. The van der Waals surface area contributed by atoms with Gasteiger partial charge < -0.3 is 5.32 Å². The van der Waals surface area contributed by atoms with Gasteiger partial charge in [-0.15, -0.1) is 0 Å². The first kappa shape index (κ1) is 10.0. The van der Waals surface area contributed by atoms with Crippen LogP contribution in [0.5, 0.6) is 0 Å². The van der Waals surface area contributed by atoms with E-state index in [-0.39, 0.29) is 0 Å². The van der Waals surface area contributed by atoms with Crippen molar-refractivity contribution < 1.29 is 0 Å². The maximum absolute atomic E-state index is 3.97. The fourth-order valence-corrected chi connectivity index (χ4v) is 0.936. The number of aromatic nitrogens is 1. The molecule has 1 heterocycles. The Balaban J connectivity index is 2.44. The topological polar surface area (TPSA) is 24.9 Å². The number of anilines is 1. The zero-order valence-electron chi connectivity index (χ0n) is 8.67. The molecule has 1 aromatic heterocycles. The Morgan fingerprint density at radius 3 is 2.46 bits per heavy atom. The Morgan fingerprint density at radius 1 is 1.31 bits per heavy atom. The van der Waals surface area contributed by atoms with Gasteiger partial charge in [-0.3, -0.25) is 4.98 Å². The fraction of sp³-hybridized carbons (Fsp3) is 0.545. The molecular formula is C11H18N2. The highest BCUT2D eigenvalue weighted by Crippen LogP contribution is 2.20. The van der Waals surface area contributed by atoms with Crippen LogP contribution >= 0.6 is 0 Å². The molecule has 0 atom stereocenters. The summed E-state index contributed by atoms with van der Waals surface area (Å²) in [6.45, 7) is 7.75. The van der Waals surface area contributed by atoms with Crippen LogP contribution in [0.1, 0.15) is 27.2 Å². The molecule has 0 spiro atoms. The highest BCUT2D eigenvalue weighted by molar-refractivity contribution is 5.40. The van der Waals surface area contributed by atoms with Crippen LogP contribution in [0, 0.1) is 5.41 Å². The number of nitrogens with zero attached hydrogens (tertiary/aromatic N) is 1. The number of nitrogens with one attached hydrogen (secondary N) is 1. The molecule has 0 unspecified atom stereocenters. The Morgan fingerprint density at radius 2 is 1.92 bits per heavy atom. The third-order valence-corrected chi connectivity index (χ3v) is 2.41. The van der Waals surface area contributed by atoms with Gasteiger partial charge in [-0.2, -0.15) is 0 Å². The molecule has 0 bridgehead atoms. The zero-order chi connectivity index (χ0) is 9.73. The largest absolute Gasteiger partial charge is 0.384 e. The summed E-state index contributed by atoms with van der Waals surface area (Å²) in [5, 5.41) is 3.40. The second-order valence-corrected chi connectivity index (χ2v) is 4.11. The third kappa shape index (κ3) is 3.45. The van der Waals surface area contributed by atoms with Crippen molar-refractivity contribution >= 4 is 5.69 Å². The second kappa shape index (κ2) is 4.26. The maximum atomic E-state index is 3.97. The van der Waals surface area contributed by atoms with Gasteiger partial charge in [-0.1, -0.05) is 20.8 Å². The van der Waals surface area contributed by atoms with Gasteiger partial charge in [0.25, 0.3) is 0 Å². The van der Waals surface area contributed by atoms with Crippen LogP contribution in [0.25, 0.3) is 0 Å². The van der Waals surface area contributed by atoms with Gasteiger partial charge in [0, 0.05) is 24.6 Å². The number of hydrogen-bond donors (Lipinski definition) is 1. The van der Waals surface area contributed by atoms with Crippen LogP contribution in [-0.2, 0) is 0 Å². The molecule has 0 radical (unpaired) electrons. The zero-order valence-corrected chi connectivity index (χ0v) is 8.67. The summed E-state index contributed by atoms with van der Waals surface area (Å²) in [5.41, 5.74) is 1.51. The van der Waals surface area contributed by atoms with Gasteiger partial charge in [-0.25, -0.2) is 0 Å². The molecule has 0 aliphatic rings. The molecule has 0 aliphatic heterocycles. The molecule has 13 heavy (non-hydrogen) atoms. The third-order valence-electron chi connectivity index (χ3n) is 2.41. The molecule has 2 heteroatoms. The summed E-state index contributed by atoms with van der Waals surface area (Å²) >= 11 is 0. The molecule has 2 nitrogen and oxygen atoms in total. The Kier molecular flexibility index (Phi) is 3.29. The number of rotatable bonds is 4. The minimum Gasteiger partial charge on any atom is -0.384 e. The highest BCUT2D eigenvalue weighted by Gasteiger charge is 2.13. The summed E-state index contributed by atoms with van der Waals surface area (Å²) in [6, 6.07) is 3.98. The van der Waals surface area contributed by atoms with E-state index in [9.17, 15) is 0 Å². The van der Waals surface area contributed by atoms with Crippen molar-refractivity contribution in [2.45, 2.75) is 27.2 Å². The van der Waals surface area contributed by atoms with E-state index in [0.29, 0.717) is 5.41 Å². The van der Waals surface area contributed by atoms with Crippen molar-refractivity contribution in [3.05, 3.63) is 24.5 Å². The summed E-state index contributed by atoms with van der Waals surface area (Å²) in [4.78, 5) is 3.97. The van der Waals surface area contributed by atoms with E-state index in [0.717, 1.165) is 12.2 Å². The minimum atomic E-state index is 0.364. The molecule has 0 saturated carbocycles. The molecule has 0 fully saturated rings. The second-order valence-electron chi connectivity index (χ2n) is 4.11. The highest BCUT2D eigenvalue weighted by atomic mass is 14.9. The first-order chi connectivity index (χ1) is 6.14. The van der Waals surface area contributed by atoms with Gasteiger partial charge >= 0.3 is 0 Å². The van der Waals surface area contributed by atoms with Crippen molar-refractivity contribution in [3.8, 4) is 0 Å². The quantitative estimate of drug-likeness (QED) is 0.766. The molecule has 0 aliphatic carbocycles. The van der Waals surface area contributed by atoms with Crippen LogP contribution in [-0.4, -0.2) is 11.5 Å². The van der Waals surface area contributed by atoms with Crippen LogP contribution in [0.2, 0.25) is 0 Å². The summed E-state index contributed by atoms with van der Waals surface area (Å²) in [7, 11) is 0. The molecule has 0 amide bonds. The average Bonchev–Trinajstić information content (AvgIpc) is 2.17. The van der Waals surface area contributed by atoms with Crippen molar-refractivity contribution in [1.29, 1.82) is 0 Å². The Hall–Kier alpha value is -1.05. The van der Waals surface area contributed by atoms with Gasteiger partial charge in [0.1, 0.15) is 0 Å². The van der Waals surface area contributed by atoms with Crippen molar-refractivity contribution in [2.75, 3.05) is 11.9 Å². The van der Waals surface area contributed by atoms with Crippen LogP contribution < -0.4 is 5.32 Å². The number of pyridine rings is 1. The average molecular weight is 178 g/mol. The maximum Gasteiger partial charge on any atom is 0.0371 e. The van der Waals surface area contributed by atoms with Gasteiger partial charge in [0.15, 0.2) is 0 Å². The Bertz CT molecular complexity index is 242. The van der Waals surface area contributed by atoms with Crippen LogP contribution in [0.3, 0.4) is 0 Å². The van der Waals surface area contributed by atoms with Gasteiger partial charge in [0.05, 0.1) is 0 Å². The van der Waals surface area contributed by atoms with Crippen molar-refractivity contribution in [2.24, 2.45) is 5.41 Å². The van der Waals surface area contributed by atoms with E-state index in [1.807, 2.05) is 12.1 Å². The van der Waals surface area contributed by atoms with Gasteiger partial charge in [-0.05, 0) is 24.0 Å². The van der Waals surface area contributed by atoms with Crippen LogP contribution in [0.15, 0.2) is 24.5 Å². The molecule has 1 rings (SSSR count). The minimum absolute atomic E-state index is 0.364. The molecule has 0 aromatic carbocycles. The predicted octanol–water partition coefficient (Wildman–Crippen LogP) is 2.93. The van der Waals surface area contributed by atoms with E-state index in [1.165, 1.54) is 6.42 Å². The summed E-state index contributed by atoms with van der Waals surface area (Å²) in [5.74, 6) is 0. The van der Waals surface area contributed by atoms with Crippen molar-refractivity contribution in [1.82, 2.24) is 4.98 Å². The van der Waals surface area contributed by atoms with Gasteiger partial charge in [0.2, 0.25) is 0 Å².